The minimum Gasteiger partial charge on any atom is -0.495 e. The number of likely N-dealkylation sites (tertiary alicyclic amines) is 1. The Balaban J connectivity index is 0.922. The second kappa shape index (κ2) is 18.9. The third-order valence-electron chi connectivity index (χ3n) is 14.4. The highest BCUT2D eigenvalue weighted by Crippen LogP contribution is 2.57. The van der Waals surface area contributed by atoms with Gasteiger partial charge in [0.2, 0.25) is 17.7 Å². The van der Waals surface area contributed by atoms with Crippen LogP contribution in [0.2, 0.25) is 10.0 Å². The van der Waals surface area contributed by atoms with Gasteiger partial charge >= 0.3 is 0 Å². The number of hydrogen-bond acceptors (Lipinski definition) is 8. The number of benzene rings is 4. The number of fused-ring (bicyclic) bond motifs is 3. The summed E-state index contributed by atoms with van der Waals surface area (Å²) < 4.78 is 22.2. The normalized spacial score (nSPS) is 24.2. The quantitative estimate of drug-likeness (QED) is 0.0964. The van der Waals surface area contributed by atoms with E-state index in [0.29, 0.717) is 71.1 Å². The number of methoxy groups -OCH3 is 1. The number of imide groups is 1. The first-order chi connectivity index (χ1) is 32.6. The van der Waals surface area contributed by atoms with Crippen LogP contribution in [0.1, 0.15) is 121 Å². The first-order valence-corrected chi connectivity index (χ1v) is 24.1. The van der Waals surface area contributed by atoms with Crippen LogP contribution in [0.4, 0.5) is 15.8 Å². The fraction of sp³-hybridized carbons (Fsp3) is 0.415. The van der Waals surface area contributed by atoms with E-state index >= 15 is 4.39 Å². The summed E-state index contributed by atoms with van der Waals surface area (Å²) in [5, 5.41) is 13.2. The number of nitrogens with one attached hydrogen (secondary N) is 4. The maximum absolute atomic E-state index is 16.4. The van der Waals surface area contributed by atoms with E-state index in [0.717, 1.165) is 36.1 Å². The molecular weight excluding hydrogens is 907 g/mol. The Labute approximate surface area is 406 Å². The highest BCUT2D eigenvalue weighted by atomic mass is 35.5. The lowest BCUT2D eigenvalue weighted by molar-refractivity contribution is -0.137. The van der Waals surface area contributed by atoms with Gasteiger partial charge in [-0.15, -0.1) is 0 Å². The monoisotopic (exact) mass is 960 g/mol. The number of nitrogens with zero attached hydrogens (tertiary/aromatic N) is 2. The third kappa shape index (κ3) is 8.83. The number of anilines is 2. The molecule has 4 N–H and O–H groups in total. The van der Waals surface area contributed by atoms with Crippen molar-refractivity contribution in [3.63, 3.8) is 0 Å². The van der Waals surface area contributed by atoms with E-state index in [1.165, 1.54) is 18.1 Å². The van der Waals surface area contributed by atoms with Crippen molar-refractivity contribution in [3.05, 3.63) is 122 Å². The molecule has 354 valence electrons. The summed E-state index contributed by atoms with van der Waals surface area (Å²) in [5.74, 6) is 4.00. The largest absolute Gasteiger partial charge is 0.495 e. The van der Waals surface area contributed by atoms with Gasteiger partial charge in [0.1, 0.15) is 17.6 Å². The molecule has 1 spiro atoms. The predicted molar refractivity (Wildman–Crippen MR) is 259 cm³/mol. The number of hydrogen-bond donors (Lipinski definition) is 4. The van der Waals surface area contributed by atoms with Gasteiger partial charge in [0.25, 0.3) is 11.8 Å². The van der Waals surface area contributed by atoms with Crippen molar-refractivity contribution in [1.82, 2.24) is 20.4 Å². The van der Waals surface area contributed by atoms with Crippen molar-refractivity contribution in [2.24, 2.45) is 5.41 Å². The standard InChI is InChI=1S/C53H55Cl2FN6O6/c1-52(2,3)27-43-53(29-57-40-26-32(54)19-20-37(40)53)45(35-16-10-17-38(55)46(35)56)47(59-43)49(65)58-39-21-18-31(25-42(39)68-4)50(66)61-24-8-7-14-33(61)13-6-5-11-30-12-9-15-34-36(30)28-62(51(34)67)41-22-23-44(63)60-48(41)64/h9-10,12,15-21,25-26,33,41,43,45,47,57,59H,6-8,13-14,22-24,27-29H2,1-4H3,(H,58,65)(H,60,63,64)/t33-,41+,43-,45-,47+,53-/m0/s1. The van der Waals surface area contributed by atoms with Crippen molar-refractivity contribution >= 4 is 64.1 Å². The van der Waals surface area contributed by atoms with Crippen LogP contribution in [-0.2, 0) is 26.3 Å². The van der Waals surface area contributed by atoms with Gasteiger partial charge in [0, 0.05) is 83.3 Å². The Morgan fingerprint density at radius 1 is 1.00 bits per heavy atom. The summed E-state index contributed by atoms with van der Waals surface area (Å²) in [6.45, 7) is 7.70. The summed E-state index contributed by atoms with van der Waals surface area (Å²) in [6.07, 6.45) is 4.96. The molecule has 0 radical (unpaired) electrons. The molecule has 68 heavy (non-hydrogen) atoms. The molecule has 0 bridgehead atoms. The van der Waals surface area contributed by atoms with Crippen molar-refractivity contribution in [1.29, 1.82) is 0 Å². The van der Waals surface area contributed by atoms with Gasteiger partial charge in [-0.25, -0.2) is 4.39 Å². The molecule has 5 aliphatic heterocycles. The highest BCUT2D eigenvalue weighted by molar-refractivity contribution is 6.31. The zero-order valence-electron chi connectivity index (χ0n) is 38.6. The summed E-state index contributed by atoms with van der Waals surface area (Å²) in [5.41, 5.74) is 3.97. The van der Waals surface area contributed by atoms with Crippen LogP contribution in [0.3, 0.4) is 0 Å². The molecule has 3 fully saturated rings. The van der Waals surface area contributed by atoms with Crippen molar-refractivity contribution in [3.8, 4) is 17.6 Å². The SMILES string of the molecule is COc1cc(C(=O)N2CCCC[C@@H]2CCC#Cc2cccc3c2CN([C@@H]2CCC(=O)NC2=O)C3=O)ccc1NC(=O)[C@@H]1N[C@@H](CC(C)(C)C)[C@@]2(CNc3cc(Cl)ccc32)[C@H]1c1cccc(Cl)c1F. The van der Waals surface area contributed by atoms with Gasteiger partial charge in [-0.1, -0.05) is 80.1 Å². The molecule has 5 amide bonds. The van der Waals surface area contributed by atoms with Gasteiger partial charge < -0.3 is 30.5 Å². The average molecular weight is 962 g/mol. The van der Waals surface area contributed by atoms with Crippen molar-refractivity contribution in [2.45, 2.75) is 114 Å². The molecule has 3 saturated heterocycles. The zero-order valence-corrected chi connectivity index (χ0v) is 40.1. The number of carbonyl (C=O) groups is 5. The van der Waals surface area contributed by atoms with Crippen LogP contribution < -0.4 is 26.0 Å². The number of carbonyl (C=O) groups excluding carboxylic acids is 5. The Morgan fingerprint density at radius 2 is 1.81 bits per heavy atom. The maximum atomic E-state index is 16.4. The Kier molecular flexibility index (Phi) is 13.1. The first-order valence-electron chi connectivity index (χ1n) is 23.4. The van der Waals surface area contributed by atoms with Crippen LogP contribution >= 0.6 is 23.2 Å². The molecule has 0 aromatic heterocycles. The molecule has 0 saturated carbocycles. The molecule has 5 aliphatic rings. The van der Waals surface area contributed by atoms with Crippen molar-refractivity contribution < 1.29 is 33.1 Å². The van der Waals surface area contributed by atoms with E-state index in [2.05, 4.69) is 53.9 Å². The molecule has 9 rings (SSSR count). The topological polar surface area (TPSA) is 149 Å². The van der Waals surface area contributed by atoms with E-state index in [9.17, 15) is 24.0 Å². The van der Waals surface area contributed by atoms with Gasteiger partial charge in [0.15, 0.2) is 0 Å². The van der Waals surface area contributed by atoms with Crippen LogP contribution in [0.25, 0.3) is 0 Å². The van der Waals surface area contributed by atoms with Crippen molar-refractivity contribution in [2.75, 3.05) is 30.8 Å². The second-order valence-electron chi connectivity index (χ2n) is 19.8. The van der Waals surface area contributed by atoms with Gasteiger partial charge in [0.05, 0.1) is 23.9 Å². The number of piperidine rings is 2. The molecule has 6 atom stereocenters. The smallest absolute Gasteiger partial charge is 0.255 e. The average Bonchev–Trinajstić information content (AvgIpc) is 3.96. The van der Waals surface area contributed by atoms with E-state index in [1.54, 1.807) is 42.5 Å². The summed E-state index contributed by atoms with van der Waals surface area (Å²) >= 11 is 12.9. The number of rotatable bonds is 9. The molecule has 0 aliphatic carbocycles. The molecule has 15 heteroatoms. The number of amides is 5. The van der Waals surface area contributed by atoms with Crippen LogP contribution in [0.5, 0.6) is 5.75 Å². The van der Waals surface area contributed by atoms with Crippen LogP contribution in [0, 0.1) is 23.1 Å². The zero-order chi connectivity index (χ0) is 48.1. The fourth-order valence-corrected chi connectivity index (χ4v) is 11.6. The van der Waals surface area contributed by atoms with Crippen LogP contribution in [-0.4, -0.2) is 83.7 Å². The molecule has 12 nitrogen and oxygen atoms in total. The lowest BCUT2D eigenvalue weighted by atomic mass is 9.63. The first kappa shape index (κ1) is 47.1. The summed E-state index contributed by atoms with van der Waals surface area (Å²) in [4.78, 5) is 70.2. The Bertz CT molecular complexity index is 2780. The summed E-state index contributed by atoms with van der Waals surface area (Å²) in [6, 6.07) is 19.1. The van der Waals surface area contributed by atoms with E-state index in [-0.39, 0.29) is 65.5 Å². The molecule has 0 unspecified atom stereocenters. The van der Waals surface area contributed by atoms with E-state index in [4.69, 9.17) is 27.9 Å². The van der Waals surface area contributed by atoms with E-state index < -0.39 is 35.1 Å². The molecule has 4 aromatic rings. The van der Waals surface area contributed by atoms with Gasteiger partial charge in [-0.2, -0.15) is 0 Å². The van der Waals surface area contributed by atoms with Crippen LogP contribution in [0.15, 0.2) is 72.8 Å². The second-order valence-corrected chi connectivity index (χ2v) is 20.6. The Morgan fingerprint density at radius 3 is 2.59 bits per heavy atom. The minimum atomic E-state index is -0.903. The maximum Gasteiger partial charge on any atom is 0.255 e. The number of ether oxygens (including phenoxy) is 1. The van der Waals surface area contributed by atoms with Gasteiger partial charge in [-0.3, -0.25) is 29.3 Å². The lowest BCUT2D eigenvalue weighted by Crippen LogP contribution is -2.52. The third-order valence-corrected chi connectivity index (χ3v) is 14.9. The molecule has 4 aromatic carbocycles. The highest BCUT2D eigenvalue weighted by Gasteiger charge is 2.61. The predicted octanol–water partition coefficient (Wildman–Crippen LogP) is 8.59. The number of halogens is 3. The van der Waals surface area contributed by atoms with Gasteiger partial charge in [-0.05, 0) is 109 Å². The van der Waals surface area contributed by atoms with E-state index in [1.807, 2.05) is 29.2 Å². The lowest BCUT2D eigenvalue weighted by Gasteiger charge is -2.39. The molecular formula is C53H55Cl2FN6O6. The minimum absolute atomic E-state index is 0.0282. The fourth-order valence-electron chi connectivity index (χ4n) is 11.2. The molecule has 5 heterocycles. The summed E-state index contributed by atoms with van der Waals surface area (Å²) in [7, 11) is 1.49. The Hall–Kier alpha value is -5.94.